The zero-order valence-electron chi connectivity index (χ0n) is 12.0. The molecule has 0 atom stereocenters. The molecule has 0 aliphatic carbocycles. The average Bonchev–Trinajstić information content (AvgIpc) is 2.98. The number of nitriles is 1. The largest absolute Gasteiger partial charge is 0.284 e. The number of aromatic nitrogens is 3. The second-order valence-electron chi connectivity index (χ2n) is 5.61. The van der Waals surface area contributed by atoms with Crippen molar-refractivity contribution in [2.75, 3.05) is 13.1 Å². The van der Waals surface area contributed by atoms with E-state index in [9.17, 15) is 0 Å². The number of nitrogens with zero attached hydrogens (tertiary/aromatic N) is 5. The van der Waals surface area contributed by atoms with Crippen LogP contribution in [0.1, 0.15) is 24.2 Å². The third-order valence-electron chi connectivity index (χ3n) is 4.06. The first-order valence-electron chi connectivity index (χ1n) is 7.39. The molecule has 1 saturated heterocycles. The predicted molar refractivity (Wildman–Crippen MR) is 79.2 cm³/mol. The van der Waals surface area contributed by atoms with Gasteiger partial charge in [-0.15, -0.1) is 5.10 Å². The molecular weight excluding hydrogens is 262 g/mol. The van der Waals surface area contributed by atoms with Gasteiger partial charge in [0.2, 0.25) is 0 Å². The van der Waals surface area contributed by atoms with E-state index in [0.29, 0.717) is 0 Å². The first-order chi connectivity index (χ1) is 10.3. The van der Waals surface area contributed by atoms with Gasteiger partial charge in [-0.3, -0.25) is 4.90 Å². The fraction of sp³-hybridized carbons (Fsp3) is 0.438. The van der Waals surface area contributed by atoms with Gasteiger partial charge in [0.25, 0.3) is 5.82 Å². The van der Waals surface area contributed by atoms with Crippen LogP contribution in [0.15, 0.2) is 36.7 Å². The molecule has 0 radical (unpaired) electrons. The Bertz CT molecular complexity index is 605. The van der Waals surface area contributed by atoms with E-state index >= 15 is 0 Å². The molecule has 0 amide bonds. The second kappa shape index (κ2) is 6.51. The molecule has 1 aromatic carbocycles. The summed E-state index contributed by atoms with van der Waals surface area (Å²) in [6.07, 6.45) is 5.24. The highest BCUT2D eigenvalue weighted by molar-refractivity contribution is 5.15. The van der Waals surface area contributed by atoms with E-state index in [1.165, 1.54) is 24.8 Å². The van der Waals surface area contributed by atoms with Gasteiger partial charge in [-0.25, -0.2) is 9.67 Å². The van der Waals surface area contributed by atoms with Crippen molar-refractivity contribution in [2.24, 2.45) is 5.92 Å². The van der Waals surface area contributed by atoms with Crippen LogP contribution in [0.25, 0.3) is 0 Å². The SMILES string of the molecule is N#Cc1ncn(CN2CCC(Cc3ccccc3)CC2)n1. The van der Waals surface area contributed by atoms with Gasteiger partial charge in [0.1, 0.15) is 12.4 Å². The molecule has 5 heteroatoms. The van der Waals surface area contributed by atoms with Crippen molar-refractivity contribution in [3.05, 3.63) is 48.0 Å². The van der Waals surface area contributed by atoms with Gasteiger partial charge in [0, 0.05) is 13.1 Å². The maximum Gasteiger partial charge on any atom is 0.252 e. The van der Waals surface area contributed by atoms with Gasteiger partial charge in [0.15, 0.2) is 0 Å². The lowest BCUT2D eigenvalue weighted by molar-refractivity contribution is 0.141. The Kier molecular flexibility index (Phi) is 4.27. The molecule has 3 rings (SSSR count). The lowest BCUT2D eigenvalue weighted by atomic mass is 9.90. The fourth-order valence-electron chi connectivity index (χ4n) is 2.90. The van der Waals surface area contributed by atoms with Crippen LogP contribution in [-0.2, 0) is 13.1 Å². The maximum atomic E-state index is 8.73. The predicted octanol–water partition coefficient (Wildman–Crippen LogP) is 2.06. The number of hydrogen-bond acceptors (Lipinski definition) is 4. The quantitative estimate of drug-likeness (QED) is 0.860. The Balaban J connectivity index is 1.48. The Morgan fingerprint density at radius 3 is 2.62 bits per heavy atom. The van der Waals surface area contributed by atoms with E-state index in [0.717, 1.165) is 25.7 Å². The summed E-state index contributed by atoms with van der Waals surface area (Å²) in [5, 5.41) is 12.8. The van der Waals surface area contributed by atoms with Gasteiger partial charge < -0.3 is 0 Å². The van der Waals surface area contributed by atoms with Crippen LogP contribution < -0.4 is 0 Å². The second-order valence-corrected chi connectivity index (χ2v) is 5.61. The van der Waals surface area contributed by atoms with E-state index in [4.69, 9.17) is 5.26 Å². The topological polar surface area (TPSA) is 57.7 Å². The zero-order chi connectivity index (χ0) is 14.5. The summed E-state index contributed by atoms with van der Waals surface area (Å²) in [5.74, 6) is 1.02. The maximum absolute atomic E-state index is 8.73. The van der Waals surface area contributed by atoms with E-state index in [-0.39, 0.29) is 5.82 Å². The summed E-state index contributed by atoms with van der Waals surface area (Å²) in [6, 6.07) is 12.7. The standard InChI is InChI=1S/C16H19N5/c17-11-16-18-12-21(19-16)13-20-8-6-15(7-9-20)10-14-4-2-1-3-5-14/h1-5,12,15H,6-10,13H2. The number of benzene rings is 1. The summed E-state index contributed by atoms with van der Waals surface area (Å²) in [7, 11) is 0. The minimum atomic E-state index is 0.244. The molecule has 1 aliphatic heterocycles. The minimum absolute atomic E-state index is 0.244. The van der Waals surface area contributed by atoms with Gasteiger partial charge in [0.05, 0.1) is 6.67 Å². The molecule has 21 heavy (non-hydrogen) atoms. The molecule has 1 fully saturated rings. The van der Waals surface area contributed by atoms with Crippen LogP contribution in [0.4, 0.5) is 0 Å². The molecular formula is C16H19N5. The molecule has 1 aliphatic rings. The minimum Gasteiger partial charge on any atom is -0.284 e. The van der Waals surface area contributed by atoms with Crippen LogP contribution in [-0.4, -0.2) is 32.8 Å². The first-order valence-corrected chi connectivity index (χ1v) is 7.39. The van der Waals surface area contributed by atoms with E-state index < -0.39 is 0 Å². The monoisotopic (exact) mass is 281 g/mol. The van der Waals surface area contributed by atoms with Crippen molar-refractivity contribution in [2.45, 2.75) is 25.9 Å². The molecule has 1 aromatic heterocycles. The van der Waals surface area contributed by atoms with Crippen LogP contribution in [0.5, 0.6) is 0 Å². The number of hydrogen-bond donors (Lipinski definition) is 0. The first kappa shape index (κ1) is 13.8. The Labute approximate surface area is 124 Å². The van der Waals surface area contributed by atoms with Crippen molar-refractivity contribution < 1.29 is 0 Å². The van der Waals surface area contributed by atoms with Gasteiger partial charge in [-0.1, -0.05) is 30.3 Å². The molecule has 0 spiro atoms. The van der Waals surface area contributed by atoms with Gasteiger partial charge in [-0.2, -0.15) is 5.26 Å². The highest BCUT2D eigenvalue weighted by Crippen LogP contribution is 2.21. The highest BCUT2D eigenvalue weighted by Gasteiger charge is 2.19. The van der Waals surface area contributed by atoms with Crippen molar-refractivity contribution >= 4 is 0 Å². The highest BCUT2D eigenvalue weighted by atomic mass is 15.4. The lowest BCUT2D eigenvalue weighted by Crippen LogP contribution is -2.35. The molecule has 108 valence electrons. The fourth-order valence-corrected chi connectivity index (χ4v) is 2.90. The molecule has 0 bridgehead atoms. The van der Waals surface area contributed by atoms with E-state index in [1.807, 2.05) is 6.07 Å². The van der Waals surface area contributed by atoms with Crippen molar-refractivity contribution in [3.63, 3.8) is 0 Å². The van der Waals surface area contributed by atoms with Crippen LogP contribution >= 0.6 is 0 Å². The smallest absolute Gasteiger partial charge is 0.252 e. The Morgan fingerprint density at radius 2 is 1.95 bits per heavy atom. The Hall–Kier alpha value is -2.19. The summed E-state index contributed by atoms with van der Waals surface area (Å²) in [5.41, 5.74) is 1.44. The molecule has 2 aromatic rings. The third kappa shape index (κ3) is 3.67. The average molecular weight is 281 g/mol. The van der Waals surface area contributed by atoms with Crippen LogP contribution in [0.3, 0.4) is 0 Å². The lowest BCUT2D eigenvalue weighted by Gasteiger charge is -2.31. The summed E-state index contributed by atoms with van der Waals surface area (Å²) < 4.78 is 1.75. The third-order valence-corrected chi connectivity index (χ3v) is 4.06. The normalized spacial score (nSPS) is 16.7. The summed E-state index contributed by atoms with van der Waals surface area (Å²) in [6.45, 7) is 2.89. The number of rotatable bonds is 4. The van der Waals surface area contributed by atoms with Crippen molar-refractivity contribution in [3.8, 4) is 6.07 Å². The van der Waals surface area contributed by atoms with Crippen LogP contribution in [0.2, 0.25) is 0 Å². The van der Waals surface area contributed by atoms with Gasteiger partial charge in [-0.05, 0) is 30.7 Å². The number of piperidine rings is 1. The van der Waals surface area contributed by atoms with Gasteiger partial charge >= 0.3 is 0 Å². The molecule has 0 unspecified atom stereocenters. The molecule has 2 heterocycles. The number of likely N-dealkylation sites (tertiary alicyclic amines) is 1. The Morgan fingerprint density at radius 1 is 1.19 bits per heavy atom. The van der Waals surface area contributed by atoms with E-state index in [1.54, 1.807) is 11.0 Å². The van der Waals surface area contributed by atoms with Crippen molar-refractivity contribution in [1.29, 1.82) is 5.26 Å². The summed E-state index contributed by atoms with van der Waals surface area (Å²) in [4.78, 5) is 6.31. The van der Waals surface area contributed by atoms with Crippen LogP contribution in [0, 0.1) is 17.2 Å². The molecule has 0 saturated carbocycles. The van der Waals surface area contributed by atoms with Crippen molar-refractivity contribution in [1.82, 2.24) is 19.7 Å². The molecule has 5 nitrogen and oxygen atoms in total. The zero-order valence-corrected chi connectivity index (χ0v) is 12.0. The molecule has 0 N–H and O–H groups in total. The summed E-state index contributed by atoms with van der Waals surface area (Å²) >= 11 is 0. The van der Waals surface area contributed by atoms with E-state index in [2.05, 4.69) is 45.3 Å².